The number of carbonyl (C=O) groups is 1. The number of carboxylic acid groups (broad SMARTS) is 1. The molecule has 0 amide bonds. The van der Waals surface area contributed by atoms with E-state index in [9.17, 15) is 4.79 Å². The van der Waals surface area contributed by atoms with Crippen LogP contribution in [-0.4, -0.2) is 22.1 Å². The Labute approximate surface area is 87.4 Å². The first-order valence-electron chi connectivity index (χ1n) is 4.47. The maximum absolute atomic E-state index is 10.4. The minimum Gasteiger partial charge on any atom is -0.481 e. The fourth-order valence-electron chi connectivity index (χ4n) is 1.19. The molecule has 0 saturated carbocycles. The highest BCUT2D eigenvalue weighted by Gasteiger charge is 2.09. The van der Waals surface area contributed by atoms with Gasteiger partial charge in [0.15, 0.2) is 5.69 Å². The standard InChI is InChI=1S/C10H11N3O2/c1-7(5-10(14)15)13-8-3-2-4-12-9(8)6-11/h2-4,7,13H,5H2,1H3,(H,14,15). The van der Waals surface area contributed by atoms with Crippen molar-refractivity contribution in [3.8, 4) is 6.07 Å². The average Bonchev–Trinajstić information content (AvgIpc) is 2.17. The van der Waals surface area contributed by atoms with E-state index in [0.29, 0.717) is 5.69 Å². The van der Waals surface area contributed by atoms with Gasteiger partial charge in [-0.1, -0.05) is 0 Å². The summed E-state index contributed by atoms with van der Waals surface area (Å²) in [5.41, 5.74) is 0.837. The molecule has 0 aliphatic rings. The number of aliphatic carboxylic acids is 1. The van der Waals surface area contributed by atoms with Gasteiger partial charge >= 0.3 is 5.97 Å². The van der Waals surface area contributed by atoms with Crippen LogP contribution in [-0.2, 0) is 4.79 Å². The van der Waals surface area contributed by atoms with E-state index in [1.807, 2.05) is 6.07 Å². The van der Waals surface area contributed by atoms with E-state index in [1.54, 1.807) is 19.1 Å². The number of hydrogen-bond acceptors (Lipinski definition) is 4. The normalized spacial score (nSPS) is 11.5. The van der Waals surface area contributed by atoms with Gasteiger partial charge in [0.2, 0.25) is 0 Å². The Morgan fingerprint density at radius 1 is 1.80 bits per heavy atom. The molecule has 5 heteroatoms. The molecule has 0 spiro atoms. The molecular weight excluding hydrogens is 194 g/mol. The first-order chi connectivity index (χ1) is 7.13. The third-order valence-electron chi connectivity index (χ3n) is 1.80. The van der Waals surface area contributed by atoms with Crippen LogP contribution >= 0.6 is 0 Å². The second-order valence-corrected chi connectivity index (χ2v) is 3.15. The fraction of sp³-hybridized carbons (Fsp3) is 0.300. The molecule has 0 aromatic carbocycles. The van der Waals surface area contributed by atoms with E-state index in [-0.39, 0.29) is 18.2 Å². The largest absolute Gasteiger partial charge is 0.481 e. The first-order valence-corrected chi connectivity index (χ1v) is 4.47. The van der Waals surface area contributed by atoms with Gasteiger partial charge in [0.25, 0.3) is 0 Å². The van der Waals surface area contributed by atoms with Crippen molar-refractivity contribution < 1.29 is 9.90 Å². The van der Waals surface area contributed by atoms with E-state index < -0.39 is 5.97 Å². The van der Waals surface area contributed by atoms with Crippen molar-refractivity contribution in [1.82, 2.24) is 4.98 Å². The molecule has 0 radical (unpaired) electrons. The number of aromatic nitrogens is 1. The minimum atomic E-state index is -0.877. The highest BCUT2D eigenvalue weighted by Crippen LogP contribution is 2.12. The van der Waals surface area contributed by atoms with E-state index >= 15 is 0 Å². The molecule has 0 fully saturated rings. The predicted octanol–water partition coefficient (Wildman–Crippen LogP) is 1.23. The summed E-state index contributed by atoms with van der Waals surface area (Å²) in [7, 11) is 0. The van der Waals surface area contributed by atoms with Crippen molar-refractivity contribution in [2.75, 3.05) is 5.32 Å². The smallest absolute Gasteiger partial charge is 0.305 e. The third kappa shape index (κ3) is 3.27. The quantitative estimate of drug-likeness (QED) is 0.772. The number of hydrogen-bond donors (Lipinski definition) is 2. The number of carboxylic acids is 1. The first kappa shape index (κ1) is 11.0. The summed E-state index contributed by atoms with van der Waals surface area (Å²) in [6, 6.07) is 5.09. The van der Waals surface area contributed by atoms with Gasteiger partial charge in [-0.25, -0.2) is 4.98 Å². The van der Waals surface area contributed by atoms with Crippen LogP contribution in [0.15, 0.2) is 18.3 Å². The van der Waals surface area contributed by atoms with E-state index in [4.69, 9.17) is 10.4 Å². The van der Waals surface area contributed by atoms with Crippen LogP contribution in [0.3, 0.4) is 0 Å². The van der Waals surface area contributed by atoms with Gasteiger partial charge in [0.05, 0.1) is 12.1 Å². The van der Waals surface area contributed by atoms with E-state index in [2.05, 4.69) is 10.3 Å². The maximum atomic E-state index is 10.4. The van der Waals surface area contributed by atoms with Crippen molar-refractivity contribution in [2.45, 2.75) is 19.4 Å². The van der Waals surface area contributed by atoms with Crippen LogP contribution in [0.4, 0.5) is 5.69 Å². The lowest BCUT2D eigenvalue weighted by molar-refractivity contribution is -0.137. The zero-order chi connectivity index (χ0) is 11.3. The zero-order valence-corrected chi connectivity index (χ0v) is 8.27. The number of rotatable bonds is 4. The number of nitrogens with zero attached hydrogens (tertiary/aromatic N) is 2. The minimum absolute atomic E-state index is 0.000235. The zero-order valence-electron chi connectivity index (χ0n) is 8.27. The lowest BCUT2D eigenvalue weighted by atomic mass is 10.2. The van der Waals surface area contributed by atoms with E-state index in [0.717, 1.165) is 0 Å². The van der Waals surface area contributed by atoms with Gasteiger partial charge in [-0.15, -0.1) is 0 Å². The van der Waals surface area contributed by atoms with Gasteiger partial charge in [-0.05, 0) is 19.1 Å². The van der Waals surface area contributed by atoms with Gasteiger partial charge in [-0.2, -0.15) is 5.26 Å². The van der Waals surface area contributed by atoms with Crippen molar-refractivity contribution in [3.05, 3.63) is 24.0 Å². The molecule has 0 bridgehead atoms. The SMILES string of the molecule is CC(CC(=O)O)Nc1cccnc1C#N. The van der Waals surface area contributed by atoms with Crippen LogP contribution in [0, 0.1) is 11.3 Å². The van der Waals surface area contributed by atoms with Crippen LogP contribution in [0.5, 0.6) is 0 Å². The van der Waals surface area contributed by atoms with Crippen molar-refractivity contribution in [1.29, 1.82) is 5.26 Å². The highest BCUT2D eigenvalue weighted by atomic mass is 16.4. The van der Waals surface area contributed by atoms with Gasteiger partial charge in [0.1, 0.15) is 6.07 Å². The van der Waals surface area contributed by atoms with Crippen LogP contribution in [0.1, 0.15) is 19.0 Å². The number of pyridine rings is 1. The molecule has 0 saturated heterocycles. The van der Waals surface area contributed by atoms with Crippen molar-refractivity contribution in [3.63, 3.8) is 0 Å². The summed E-state index contributed by atoms with van der Waals surface area (Å²) in [5, 5.41) is 20.2. The molecule has 0 aliphatic heterocycles. The Hall–Kier alpha value is -2.09. The second-order valence-electron chi connectivity index (χ2n) is 3.15. The number of nitriles is 1. The summed E-state index contributed by atoms with van der Waals surface area (Å²) in [6.45, 7) is 1.74. The molecule has 5 nitrogen and oxygen atoms in total. The Morgan fingerprint density at radius 3 is 3.13 bits per heavy atom. The summed E-state index contributed by atoms with van der Waals surface area (Å²) in [5.74, 6) is -0.877. The molecule has 1 unspecified atom stereocenters. The van der Waals surface area contributed by atoms with Gasteiger partial charge < -0.3 is 10.4 Å². The summed E-state index contributed by atoms with van der Waals surface area (Å²) in [4.78, 5) is 14.3. The topological polar surface area (TPSA) is 86.0 Å². The Morgan fingerprint density at radius 2 is 2.53 bits per heavy atom. The molecule has 1 aromatic heterocycles. The molecule has 1 atom stereocenters. The molecule has 0 aliphatic carbocycles. The lowest BCUT2D eigenvalue weighted by Crippen LogP contribution is -2.20. The van der Waals surface area contributed by atoms with E-state index in [1.165, 1.54) is 6.20 Å². The molecule has 15 heavy (non-hydrogen) atoms. The summed E-state index contributed by atoms with van der Waals surface area (Å²) < 4.78 is 0. The highest BCUT2D eigenvalue weighted by molar-refractivity contribution is 5.68. The average molecular weight is 205 g/mol. The Kier molecular flexibility index (Phi) is 3.63. The maximum Gasteiger partial charge on any atom is 0.305 e. The number of anilines is 1. The van der Waals surface area contributed by atoms with Gasteiger partial charge in [0, 0.05) is 12.2 Å². The molecule has 1 aromatic rings. The lowest BCUT2D eigenvalue weighted by Gasteiger charge is -2.13. The van der Waals surface area contributed by atoms with Crippen LogP contribution in [0.2, 0.25) is 0 Å². The molecular formula is C10H11N3O2. The van der Waals surface area contributed by atoms with Crippen molar-refractivity contribution >= 4 is 11.7 Å². The fourth-order valence-corrected chi connectivity index (χ4v) is 1.19. The third-order valence-corrected chi connectivity index (χ3v) is 1.80. The number of nitrogens with one attached hydrogen (secondary N) is 1. The molecule has 1 heterocycles. The van der Waals surface area contributed by atoms with Crippen molar-refractivity contribution in [2.24, 2.45) is 0 Å². The molecule has 1 rings (SSSR count). The Balaban J connectivity index is 2.72. The summed E-state index contributed by atoms with van der Waals surface area (Å²) >= 11 is 0. The van der Waals surface area contributed by atoms with Crippen LogP contribution in [0.25, 0.3) is 0 Å². The molecule has 78 valence electrons. The molecule has 2 N–H and O–H groups in total. The Bertz CT molecular complexity index is 398. The predicted molar refractivity (Wildman–Crippen MR) is 54.3 cm³/mol. The second kappa shape index (κ2) is 4.96. The summed E-state index contributed by atoms with van der Waals surface area (Å²) in [6.07, 6.45) is 1.52. The monoisotopic (exact) mass is 205 g/mol. The van der Waals surface area contributed by atoms with Gasteiger partial charge in [-0.3, -0.25) is 4.79 Å². The van der Waals surface area contributed by atoms with Crippen LogP contribution < -0.4 is 5.32 Å².